The summed E-state index contributed by atoms with van der Waals surface area (Å²) in [4.78, 5) is 0. The Morgan fingerprint density at radius 1 is 1.25 bits per heavy atom. The predicted octanol–water partition coefficient (Wildman–Crippen LogP) is 2.19. The highest BCUT2D eigenvalue weighted by atomic mass is 16.5. The third-order valence-electron chi connectivity index (χ3n) is 3.28. The molecular weight excluding hydrogens is 202 g/mol. The highest BCUT2D eigenvalue weighted by molar-refractivity contribution is 4.77. The lowest BCUT2D eigenvalue weighted by molar-refractivity contribution is 0.0749. The zero-order valence-corrected chi connectivity index (χ0v) is 11.4. The van der Waals surface area contributed by atoms with E-state index >= 15 is 0 Å². The molecule has 3 nitrogen and oxygen atoms in total. The van der Waals surface area contributed by atoms with Gasteiger partial charge < -0.3 is 15.2 Å². The first-order valence-corrected chi connectivity index (χ1v) is 6.53. The molecule has 0 fully saturated rings. The Hall–Kier alpha value is -0.120. The minimum Gasteiger partial charge on any atom is -0.396 e. The van der Waals surface area contributed by atoms with Gasteiger partial charge in [0.25, 0.3) is 0 Å². The Bertz CT molecular complexity index is 148. The number of ether oxygens (including phenoxy) is 1. The highest BCUT2D eigenvalue weighted by Crippen LogP contribution is 2.24. The maximum Gasteiger partial charge on any atom is 0.0518 e. The van der Waals surface area contributed by atoms with Crippen LogP contribution in [0.4, 0.5) is 0 Å². The molecule has 2 N–H and O–H groups in total. The lowest BCUT2D eigenvalue weighted by Gasteiger charge is -2.29. The van der Waals surface area contributed by atoms with E-state index < -0.39 is 0 Å². The molecule has 0 heterocycles. The molecule has 0 spiro atoms. The number of rotatable bonds is 10. The van der Waals surface area contributed by atoms with Gasteiger partial charge in [0.1, 0.15) is 0 Å². The van der Waals surface area contributed by atoms with E-state index in [0.717, 1.165) is 39.0 Å². The van der Waals surface area contributed by atoms with Gasteiger partial charge in [0.2, 0.25) is 0 Å². The van der Waals surface area contributed by atoms with E-state index in [1.54, 1.807) is 0 Å². The molecule has 0 rings (SSSR count). The van der Waals surface area contributed by atoms with Crippen LogP contribution in [0.15, 0.2) is 0 Å². The van der Waals surface area contributed by atoms with Crippen molar-refractivity contribution in [3.05, 3.63) is 0 Å². The van der Waals surface area contributed by atoms with Crippen molar-refractivity contribution < 1.29 is 9.84 Å². The summed E-state index contributed by atoms with van der Waals surface area (Å²) in [5.41, 5.74) is 0.0684. The lowest BCUT2D eigenvalue weighted by atomic mass is 9.83. The van der Waals surface area contributed by atoms with Crippen molar-refractivity contribution >= 4 is 0 Å². The van der Waals surface area contributed by atoms with Crippen LogP contribution in [0.5, 0.6) is 0 Å². The maximum atomic E-state index is 9.39. The second-order valence-electron chi connectivity index (χ2n) is 4.82. The van der Waals surface area contributed by atoms with Crippen LogP contribution in [0, 0.1) is 5.41 Å². The zero-order chi connectivity index (χ0) is 12.4. The van der Waals surface area contributed by atoms with Crippen LogP contribution in [-0.2, 0) is 4.74 Å². The summed E-state index contributed by atoms with van der Waals surface area (Å²) in [6, 6.07) is 0. The van der Waals surface area contributed by atoms with Crippen LogP contribution in [0.1, 0.15) is 47.0 Å². The Morgan fingerprint density at radius 3 is 2.31 bits per heavy atom. The number of nitrogens with one attached hydrogen (secondary N) is 1. The monoisotopic (exact) mass is 231 g/mol. The number of hydrogen-bond acceptors (Lipinski definition) is 3. The molecule has 0 saturated heterocycles. The summed E-state index contributed by atoms with van der Waals surface area (Å²) in [6.07, 6.45) is 3.40. The Labute approximate surface area is 101 Å². The molecule has 16 heavy (non-hydrogen) atoms. The molecule has 0 bridgehead atoms. The van der Waals surface area contributed by atoms with Crippen LogP contribution in [0.25, 0.3) is 0 Å². The fourth-order valence-electron chi connectivity index (χ4n) is 1.65. The van der Waals surface area contributed by atoms with Crippen molar-refractivity contribution in [2.75, 3.05) is 26.3 Å². The molecule has 0 radical (unpaired) electrons. The minimum absolute atomic E-state index is 0.0684. The zero-order valence-electron chi connectivity index (χ0n) is 11.4. The summed E-state index contributed by atoms with van der Waals surface area (Å²) < 4.78 is 5.46. The summed E-state index contributed by atoms with van der Waals surface area (Å²) in [5, 5.41) is 12.8. The Kier molecular flexibility index (Phi) is 8.90. The largest absolute Gasteiger partial charge is 0.396 e. The third-order valence-corrected chi connectivity index (χ3v) is 3.28. The molecule has 0 aliphatic carbocycles. The summed E-state index contributed by atoms with van der Waals surface area (Å²) in [5.74, 6) is 0. The van der Waals surface area contributed by atoms with Crippen LogP contribution < -0.4 is 5.32 Å². The van der Waals surface area contributed by atoms with Gasteiger partial charge in [0, 0.05) is 25.2 Å². The van der Waals surface area contributed by atoms with Crippen molar-refractivity contribution in [1.29, 1.82) is 0 Å². The molecule has 0 aliphatic rings. The van der Waals surface area contributed by atoms with Crippen molar-refractivity contribution in [2.45, 2.75) is 53.1 Å². The van der Waals surface area contributed by atoms with Gasteiger partial charge in [-0.25, -0.2) is 0 Å². The van der Waals surface area contributed by atoms with Crippen molar-refractivity contribution in [3.63, 3.8) is 0 Å². The Balaban J connectivity index is 3.55. The van der Waals surface area contributed by atoms with Gasteiger partial charge in [-0.15, -0.1) is 0 Å². The molecule has 0 amide bonds. The smallest absolute Gasteiger partial charge is 0.0518 e. The number of aliphatic hydroxyl groups excluding tert-OH is 1. The van der Waals surface area contributed by atoms with Crippen LogP contribution in [0.3, 0.4) is 0 Å². The standard InChI is InChI=1S/C13H29NO2/c1-5-13(6-2,11-15)10-14-8-7-9-16-12(3)4/h12,14-15H,5-11H2,1-4H3. The van der Waals surface area contributed by atoms with E-state index in [4.69, 9.17) is 4.74 Å². The molecule has 0 aromatic rings. The molecule has 0 aromatic carbocycles. The topological polar surface area (TPSA) is 41.5 Å². The number of aliphatic hydroxyl groups is 1. The highest BCUT2D eigenvalue weighted by Gasteiger charge is 2.24. The molecule has 0 atom stereocenters. The van der Waals surface area contributed by atoms with Gasteiger partial charge in [0.05, 0.1) is 6.10 Å². The quantitative estimate of drug-likeness (QED) is 0.566. The predicted molar refractivity (Wildman–Crippen MR) is 68.7 cm³/mol. The summed E-state index contributed by atoms with van der Waals surface area (Å²) in [6.45, 7) is 11.3. The van der Waals surface area contributed by atoms with Crippen molar-refractivity contribution in [2.24, 2.45) is 5.41 Å². The first-order valence-electron chi connectivity index (χ1n) is 6.53. The minimum atomic E-state index is 0.0684. The molecule has 98 valence electrons. The van der Waals surface area contributed by atoms with Gasteiger partial charge in [-0.2, -0.15) is 0 Å². The molecule has 0 aliphatic heterocycles. The second-order valence-corrected chi connectivity index (χ2v) is 4.82. The fraction of sp³-hybridized carbons (Fsp3) is 1.00. The second kappa shape index (κ2) is 8.97. The summed E-state index contributed by atoms with van der Waals surface area (Å²) >= 11 is 0. The fourth-order valence-corrected chi connectivity index (χ4v) is 1.65. The number of hydrogen-bond donors (Lipinski definition) is 2. The van der Waals surface area contributed by atoms with Gasteiger partial charge in [0.15, 0.2) is 0 Å². The van der Waals surface area contributed by atoms with Gasteiger partial charge in [-0.05, 0) is 39.7 Å². The van der Waals surface area contributed by atoms with Crippen molar-refractivity contribution in [3.8, 4) is 0 Å². The van der Waals surface area contributed by atoms with E-state index in [-0.39, 0.29) is 12.0 Å². The lowest BCUT2D eigenvalue weighted by Crippen LogP contribution is -2.37. The molecule has 3 heteroatoms. The average molecular weight is 231 g/mol. The maximum absolute atomic E-state index is 9.39. The first kappa shape index (κ1) is 15.9. The first-order chi connectivity index (χ1) is 7.60. The van der Waals surface area contributed by atoms with Crippen LogP contribution in [0.2, 0.25) is 0 Å². The molecular formula is C13H29NO2. The Morgan fingerprint density at radius 2 is 1.88 bits per heavy atom. The van der Waals surface area contributed by atoms with Crippen molar-refractivity contribution in [1.82, 2.24) is 5.32 Å². The molecule has 0 unspecified atom stereocenters. The SMILES string of the molecule is CCC(CC)(CO)CNCCCOC(C)C. The van der Waals surface area contributed by atoms with Gasteiger partial charge in [-0.1, -0.05) is 13.8 Å². The van der Waals surface area contributed by atoms with E-state index in [9.17, 15) is 5.11 Å². The third kappa shape index (κ3) is 6.46. The van der Waals surface area contributed by atoms with Gasteiger partial charge >= 0.3 is 0 Å². The van der Waals surface area contributed by atoms with E-state index in [1.165, 1.54) is 0 Å². The van der Waals surface area contributed by atoms with Crippen LogP contribution in [-0.4, -0.2) is 37.5 Å². The normalized spacial score (nSPS) is 12.4. The molecule has 0 aromatic heterocycles. The average Bonchev–Trinajstić information content (AvgIpc) is 2.29. The van der Waals surface area contributed by atoms with Gasteiger partial charge in [-0.3, -0.25) is 0 Å². The van der Waals surface area contributed by atoms with E-state index in [1.807, 2.05) is 0 Å². The molecule has 0 saturated carbocycles. The van der Waals surface area contributed by atoms with Crippen LogP contribution >= 0.6 is 0 Å². The summed E-state index contributed by atoms with van der Waals surface area (Å²) in [7, 11) is 0. The van der Waals surface area contributed by atoms with E-state index in [2.05, 4.69) is 33.0 Å². The van der Waals surface area contributed by atoms with E-state index in [0.29, 0.717) is 6.10 Å².